The summed E-state index contributed by atoms with van der Waals surface area (Å²) in [5.41, 5.74) is 0.934. The van der Waals surface area contributed by atoms with E-state index in [9.17, 15) is 10.2 Å². The van der Waals surface area contributed by atoms with Crippen molar-refractivity contribution in [2.45, 2.75) is 63.1 Å². The number of rotatable bonds is 2. The van der Waals surface area contributed by atoms with Crippen LogP contribution in [0.3, 0.4) is 0 Å². The number of ether oxygens (including phenoxy) is 1. The van der Waals surface area contributed by atoms with E-state index < -0.39 is 11.7 Å². The van der Waals surface area contributed by atoms with Gasteiger partial charge in [-0.2, -0.15) is 0 Å². The van der Waals surface area contributed by atoms with Gasteiger partial charge >= 0.3 is 0 Å². The molecule has 0 radical (unpaired) electrons. The van der Waals surface area contributed by atoms with Gasteiger partial charge in [0.25, 0.3) is 0 Å². The van der Waals surface area contributed by atoms with Gasteiger partial charge in [0.2, 0.25) is 0 Å². The molecule has 1 aliphatic carbocycles. The lowest BCUT2D eigenvalue weighted by Crippen LogP contribution is -2.36. The van der Waals surface area contributed by atoms with E-state index in [1.807, 2.05) is 12.1 Å². The zero-order valence-electron chi connectivity index (χ0n) is 12.0. The average molecular weight is 276 g/mol. The second-order valence-electron chi connectivity index (χ2n) is 6.21. The van der Waals surface area contributed by atoms with Crippen molar-refractivity contribution in [1.29, 1.82) is 0 Å². The topological polar surface area (TPSA) is 49.7 Å². The molecule has 20 heavy (non-hydrogen) atoms. The van der Waals surface area contributed by atoms with Crippen molar-refractivity contribution in [3.8, 4) is 5.75 Å². The standard InChI is InChI=1S/C17H24O3/c18-16(17(19)10-3-1-2-4-11-17)14-9-5-7-13-8-6-12-20-15(13)14/h5,7,9,16,18-19H,1-4,6,8,10-12H2. The van der Waals surface area contributed by atoms with Gasteiger partial charge in [-0.15, -0.1) is 0 Å². The molecule has 1 heterocycles. The zero-order valence-corrected chi connectivity index (χ0v) is 12.0. The van der Waals surface area contributed by atoms with Crippen molar-refractivity contribution in [3.63, 3.8) is 0 Å². The number of fused-ring (bicyclic) bond motifs is 1. The summed E-state index contributed by atoms with van der Waals surface area (Å²) in [6.07, 6.45) is 6.82. The van der Waals surface area contributed by atoms with Crippen LogP contribution in [0.2, 0.25) is 0 Å². The molecule has 1 atom stereocenters. The lowest BCUT2D eigenvalue weighted by molar-refractivity contribution is -0.0877. The van der Waals surface area contributed by atoms with E-state index in [1.165, 1.54) is 0 Å². The van der Waals surface area contributed by atoms with Gasteiger partial charge in [-0.3, -0.25) is 0 Å². The van der Waals surface area contributed by atoms with Gasteiger partial charge in [0.05, 0.1) is 12.2 Å². The first-order valence-electron chi connectivity index (χ1n) is 7.86. The maximum atomic E-state index is 10.9. The van der Waals surface area contributed by atoms with Crippen molar-refractivity contribution < 1.29 is 14.9 Å². The van der Waals surface area contributed by atoms with E-state index in [0.717, 1.165) is 55.4 Å². The van der Waals surface area contributed by atoms with E-state index in [0.29, 0.717) is 19.4 Å². The lowest BCUT2D eigenvalue weighted by Gasteiger charge is -2.34. The van der Waals surface area contributed by atoms with Crippen molar-refractivity contribution in [1.82, 2.24) is 0 Å². The van der Waals surface area contributed by atoms with E-state index in [1.54, 1.807) is 0 Å². The first-order chi connectivity index (χ1) is 9.71. The van der Waals surface area contributed by atoms with Crippen LogP contribution in [0.25, 0.3) is 0 Å². The monoisotopic (exact) mass is 276 g/mol. The van der Waals surface area contributed by atoms with Crippen molar-refractivity contribution >= 4 is 0 Å². The van der Waals surface area contributed by atoms with Crippen LogP contribution in [0, 0.1) is 0 Å². The summed E-state index contributed by atoms with van der Waals surface area (Å²) >= 11 is 0. The minimum Gasteiger partial charge on any atom is -0.493 e. The first-order valence-corrected chi connectivity index (χ1v) is 7.86. The van der Waals surface area contributed by atoms with Gasteiger partial charge in [-0.1, -0.05) is 43.9 Å². The third-order valence-electron chi connectivity index (χ3n) is 4.74. The Kier molecular flexibility index (Phi) is 3.99. The molecule has 3 rings (SSSR count). The SMILES string of the molecule is OC(c1cccc2c1OCCC2)C1(O)CCCCCC1. The molecule has 0 spiro atoms. The lowest BCUT2D eigenvalue weighted by atomic mass is 9.83. The highest BCUT2D eigenvalue weighted by Crippen LogP contribution is 2.42. The maximum absolute atomic E-state index is 10.9. The number of hydrogen-bond acceptors (Lipinski definition) is 3. The molecule has 1 aromatic carbocycles. The van der Waals surface area contributed by atoms with Gasteiger partial charge in [-0.05, 0) is 31.2 Å². The van der Waals surface area contributed by atoms with E-state index >= 15 is 0 Å². The predicted octanol–water partition coefficient (Wildman–Crippen LogP) is 3.13. The van der Waals surface area contributed by atoms with Crippen LogP contribution in [0.5, 0.6) is 5.75 Å². The second kappa shape index (κ2) is 5.74. The number of hydrogen-bond donors (Lipinski definition) is 2. The van der Waals surface area contributed by atoms with Crippen LogP contribution < -0.4 is 4.74 Å². The third-order valence-corrected chi connectivity index (χ3v) is 4.74. The summed E-state index contributed by atoms with van der Waals surface area (Å²) in [6.45, 7) is 0.704. The van der Waals surface area contributed by atoms with E-state index in [2.05, 4.69) is 6.07 Å². The Morgan fingerprint density at radius 2 is 1.80 bits per heavy atom. The normalized spacial score (nSPS) is 23.3. The Labute approximate surface area is 120 Å². The minimum absolute atomic E-state index is 0.678. The number of aliphatic hydroxyl groups excluding tert-OH is 1. The quantitative estimate of drug-likeness (QED) is 0.816. The van der Waals surface area contributed by atoms with Crippen molar-refractivity contribution in [2.75, 3.05) is 6.61 Å². The summed E-state index contributed by atoms with van der Waals surface area (Å²) in [6, 6.07) is 5.92. The second-order valence-corrected chi connectivity index (χ2v) is 6.21. The van der Waals surface area contributed by atoms with Crippen LogP contribution in [0.4, 0.5) is 0 Å². The van der Waals surface area contributed by atoms with Crippen molar-refractivity contribution in [2.24, 2.45) is 0 Å². The Bertz CT molecular complexity index is 461. The average Bonchev–Trinajstić information content (AvgIpc) is 2.72. The molecule has 2 aliphatic rings. The Hall–Kier alpha value is -1.06. The van der Waals surface area contributed by atoms with Crippen LogP contribution in [0.15, 0.2) is 18.2 Å². The summed E-state index contributed by atoms with van der Waals surface area (Å²) in [5, 5.41) is 21.6. The van der Waals surface area contributed by atoms with E-state index in [4.69, 9.17) is 4.74 Å². The van der Waals surface area contributed by atoms with Gasteiger partial charge in [0.15, 0.2) is 0 Å². The van der Waals surface area contributed by atoms with Crippen LogP contribution in [-0.2, 0) is 6.42 Å². The van der Waals surface area contributed by atoms with Crippen LogP contribution >= 0.6 is 0 Å². The van der Waals surface area contributed by atoms with Gasteiger partial charge < -0.3 is 14.9 Å². The Morgan fingerprint density at radius 1 is 1.05 bits per heavy atom. The molecule has 1 fully saturated rings. The summed E-state index contributed by atoms with van der Waals surface area (Å²) in [4.78, 5) is 0. The summed E-state index contributed by atoms with van der Waals surface area (Å²) in [7, 11) is 0. The fraction of sp³-hybridized carbons (Fsp3) is 0.647. The molecule has 2 N–H and O–H groups in total. The predicted molar refractivity (Wildman–Crippen MR) is 77.9 cm³/mol. The minimum atomic E-state index is -0.994. The smallest absolute Gasteiger partial charge is 0.128 e. The molecule has 1 saturated carbocycles. The zero-order chi connectivity index (χ0) is 14.0. The number of benzene rings is 1. The molecule has 1 aromatic rings. The van der Waals surface area contributed by atoms with Crippen LogP contribution in [0.1, 0.15) is 62.2 Å². The molecule has 0 amide bonds. The molecule has 0 aromatic heterocycles. The molecule has 0 saturated heterocycles. The fourth-order valence-corrected chi connectivity index (χ4v) is 3.53. The molecule has 0 bridgehead atoms. The third kappa shape index (κ3) is 2.57. The molecule has 3 heteroatoms. The molecular formula is C17H24O3. The largest absolute Gasteiger partial charge is 0.493 e. The number of aliphatic hydroxyl groups is 2. The molecular weight excluding hydrogens is 252 g/mol. The van der Waals surface area contributed by atoms with Gasteiger partial charge in [0.1, 0.15) is 11.9 Å². The number of aryl methyl sites for hydroxylation is 1. The van der Waals surface area contributed by atoms with Crippen molar-refractivity contribution in [3.05, 3.63) is 29.3 Å². The molecule has 1 unspecified atom stereocenters. The molecule has 3 nitrogen and oxygen atoms in total. The van der Waals surface area contributed by atoms with Gasteiger partial charge in [-0.25, -0.2) is 0 Å². The summed E-state index contributed by atoms with van der Waals surface area (Å²) in [5.74, 6) is 0.809. The van der Waals surface area contributed by atoms with E-state index in [-0.39, 0.29) is 0 Å². The first kappa shape index (κ1) is 13.9. The Morgan fingerprint density at radius 3 is 2.55 bits per heavy atom. The highest BCUT2D eigenvalue weighted by molar-refractivity contribution is 5.44. The summed E-state index contributed by atoms with van der Waals surface area (Å²) < 4.78 is 5.77. The Balaban J connectivity index is 1.91. The molecule has 1 aliphatic heterocycles. The highest BCUT2D eigenvalue weighted by Gasteiger charge is 2.38. The number of para-hydroxylation sites is 1. The molecule has 110 valence electrons. The van der Waals surface area contributed by atoms with Crippen LogP contribution in [-0.4, -0.2) is 22.4 Å². The fourth-order valence-electron chi connectivity index (χ4n) is 3.53. The maximum Gasteiger partial charge on any atom is 0.128 e. The van der Waals surface area contributed by atoms with Gasteiger partial charge in [0, 0.05) is 5.56 Å². The highest BCUT2D eigenvalue weighted by atomic mass is 16.5.